The van der Waals surface area contributed by atoms with E-state index in [0.29, 0.717) is 12.4 Å². The van der Waals surface area contributed by atoms with E-state index in [1.165, 1.54) is 6.20 Å². The average Bonchev–Trinajstić information content (AvgIpc) is 2.61. The molecule has 10 nitrogen and oxygen atoms in total. The quantitative estimate of drug-likeness (QED) is 0.633. The van der Waals surface area contributed by atoms with E-state index in [9.17, 15) is 9.59 Å². The lowest BCUT2D eigenvalue weighted by Crippen LogP contribution is -2.57. The molecule has 172 valence electrons. The maximum Gasteiger partial charge on any atom is 0.407 e. The Labute approximate surface area is 184 Å². The Balaban J connectivity index is 2.92. The van der Waals surface area contributed by atoms with Crippen molar-refractivity contribution in [3.05, 3.63) is 18.1 Å². The van der Waals surface area contributed by atoms with Crippen LogP contribution < -0.4 is 15.8 Å². The number of amides is 3. The van der Waals surface area contributed by atoms with Gasteiger partial charge in [0, 0.05) is 37.4 Å². The molecule has 1 heterocycles. The van der Waals surface area contributed by atoms with E-state index in [1.54, 1.807) is 36.7 Å². The summed E-state index contributed by atoms with van der Waals surface area (Å²) in [5, 5.41) is 13.4. The molecule has 1 rings (SSSR count). The molecule has 2 N–H and O–H groups in total. The van der Waals surface area contributed by atoms with Crippen molar-refractivity contribution in [3.63, 3.8) is 0 Å². The number of urea groups is 1. The van der Waals surface area contributed by atoms with Crippen LogP contribution in [0.1, 0.15) is 61.2 Å². The molecule has 0 saturated heterocycles. The number of ether oxygens (including phenoxy) is 1. The van der Waals surface area contributed by atoms with Crippen LogP contribution in [-0.4, -0.2) is 57.8 Å². The minimum atomic E-state index is -0.595. The molecule has 0 spiro atoms. The summed E-state index contributed by atoms with van der Waals surface area (Å²) in [5.41, 5.74) is 1.77. The monoisotopic (exact) mass is 433 g/mol. The first kappa shape index (κ1) is 25.9. The molecule has 0 aliphatic carbocycles. The number of rotatable bonds is 7. The normalized spacial score (nSPS) is 11.5. The lowest BCUT2D eigenvalue weighted by Gasteiger charge is -2.38. The summed E-state index contributed by atoms with van der Waals surface area (Å²) in [7, 11) is 0. The first-order valence-corrected chi connectivity index (χ1v) is 10.3. The van der Waals surface area contributed by atoms with Crippen molar-refractivity contribution in [1.82, 2.24) is 25.6 Å². The molecule has 0 aliphatic rings. The molecular formula is C21H35N7O3. The predicted molar refractivity (Wildman–Crippen MR) is 118 cm³/mol. The van der Waals surface area contributed by atoms with E-state index in [2.05, 4.69) is 20.7 Å². The minimum absolute atomic E-state index is 0.0229. The molecule has 31 heavy (non-hydrogen) atoms. The SMILES string of the molecule is CC(C)CN(NC(=O)N(CCNC(=O)OC(C)(C)C)C(C)(C)C)c1ccnc(C#N)n1. The third-order valence-corrected chi connectivity index (χ3v) is 3.85. The molecule has 0 unspecified atom stereocenters. The number of hydrogen-bond acceptors (Lipinski definition) is 7. The van der Waals surface area contributed by atoms with Crippen LogP contribution in [0.2, 0.25) is 0 Å². The van der Waals surface area contributed by atoms with E-state index in [-0.39, 0.29) is 30.9 Å². The fourth-order valence-electron chi connectivity index (χ4n) is 2.62. The Kier molecular flexibility index (Phi) is 9.03. The lowest BCUT2D eigenvalue weighted by atomic mass is 10.1. The van der Waals surface area contributed by atoms with Crippen molar-refractivity contribution in [2.45, 2.75) is 66.5 Å². The number of carbonyl (C=O) groups is 2. The highest BCUT2D eigenvalue weighted by Crippen LogP contribution is 2.15. The van der Waals surface area contributed by atoms with Gasteiger partial charge in [-0.1, -0.05) is 13.8 Å². The van der Waals surface area contributed by atoms with E-state index in [0.717, 1.165) is 0 Å². The third kappa shape index (κ3) is 9.51. The first-order valence-electron chi connectivity index (χ1n) is 10.3. The lowest BCUT2D eigenvalue weighted by molar-refractivity contribution is 0.0516. The van der Waals surface area contributed by atoms with E-state index in [4.69, 9.17) is 10.00 Å². The number of hydrazine groups is 1. The highest BCUT2D eigenvalue weighted by Gasteiger charge is 2.28. The number of nitriles is 1. The topological polar surface area (TPSA) is 123 Å². The molecular weight excluding hydrogens is 398 g/mol. The number of nitrogens with one attached hydrogen (secondary N) is 2. The van der Waals surface area contributed by atoms with Gasteiger partial charge in [-0.05, 0) is 47.5 Å². The van der Waals surface area contributed by atoms with Gasteiger partial charge in [0.15, 0.2) is 5.82 Å². The Morgan fingerprint density at radius 3 is 2.39 bits per heavy atom. The van der Waals surface area contributed by atoms with Gasteiger partial charge in [0.05, 0.1) is 0 Å². The number of anilines is 1. The fraction of sp³-hybridized carbons (Fsp3) is 0.667. The van der Waals surface area contributed by atoms with E-state index < -0.39 is 17.2 Å². The van der Waals surface area contributed by atoms with Crippen LogP contribution in [0, 0.1) is 17.2 Å². The summed E-state index contributed by atoms with van der Waals surface area (Å²) in [5.74, 6) is 0.668. The van der Waals surface area contributed by atoms with Crippen LogP contribution in [-0.2, 0) is 4.74 Å². The van der Waals surface area contributed by atoms with Crippen molar-refractivity contribution < 1.29 is 14.3 Å². The van der Waals surface area contributed by atoms with E-state index >= 15 is 0 Å². The van der Waals surface area contributed by atoms with Crippen LogP contribution in [0.15, 0.2) is 12.3 Å². The zero-order valence-electron chi connectivity index (χ0n) is 19.8. The third-order valence-electron chi connectivity index (χ3n) is 3.85. The molecule has 0 aromatic carbocycles. The van der Waals surface area contributed by atoms with Gasteiger partial charge in [-0.3, -0.25) is 5.01 Å². The zero-order chi connectivity index (χ0) is 23.8. The van der Waals surface area contributed by atoms with Crippen molar-refractivity contribution in [3.8, 4) is 6.07 Å². The Hall–Kier alpha value is -3.09. The number of aromatic nitrogens is 2. The Bertz CT molecular complexity index is 791. The Morgan fingerprint density at radius 2 is 1.87 bits per heavy atom. The summed E-state index contributed by atoms with van der Waals surface area (Å²) in [6, 6.07) is 3.19. The van der Waals surface area contributed by atoms with Crippen LogP contribution in [0.3, 0.4) is 0 Å². The smallest absolute Gasteiger partial charge is 0.407 e. The molecule has 1 aromatic rings. The molecule has 10 heteroatoms. The number of nitrogens with zero attached hydrogens (tertiary/aromatic N) is 5. The van der Waals surface area contributed by atoms with Crippen molar-refractivity contribution >= 4 is 17.9 Å². The van der Waals surface area contributed by atoms with Gasteiger partial charge in [-0.15, -0.1) is 0 Å². The maximum absolute atomic E-state index is 13.1. The van der Waals surface area contributed by atoms with Gasteiger partial charge in [0.25, 0.3) is 0 Å². The van der Waals surface area contributed by atoms with Crippen LogP contribution >= 0.6 is 0 Å². The molecule has 0 fully saturated rings. The highest BCUT2D eigenvalue weighted by atomic mass is 16.6. The van der Waals surface area contributed by atoms with Crippen LogP contribution in [0.5, 0.6) is 0 Å². The zero-order valence-corrected chi connectivity index (χ0v) is 19.8. The molecule has 3 amide bonds. The molecule has 1 aromatic heterocycles. The number of alkyl carbamates (subject to hydrolysis) is 1. The first-order chi connectivity index (χ1) is 14.2. The number of carbonyl (C=O) groups excluding carboxylic acids is 2. The van der Waals surface area contributed by atoms with E-state index in [1.807, 2.05) is 40.7 Å². The summed E-state index contributed by atoms with van der Waals surface area (Å²) >= 11 is 0. The van der Waals surface area contributed by atoms with Gasteiger partial charge in [0.1, 0.15) is 11.7 Å². The molecule has 0 radical (unpaired) electrons. The standard InChI is InChI=1S/C21H35N7O3/c1-15(2)14-28(17-9-10-23-16(13-22)25-17)26-18(29)27(20(3,4)5)12-11-24-19(30)31-21(6,7)8/h9-10,15H,11-12,14H2,1-8H3,(H,24,30)(H,26,29). The van der Waals surface area contributed by atoms with Crippen LogP contribution in [0.25, 0.3) is 0 Å². The van der Waals surface area contributed by atoms with Gasteiger partial charge in [-0.2, -0.15) is 10.2 Å². The summed E-state index contributed by atoms with van der Waals surface area (Å²) in [6.45, 7) is 16.1. The van der Waals surface area contributed by atoms with Gasteiger partial charge < -0.3 is 15.0 Å². The van der Waals surface area contributed by atoms with Gasteiger partial charge in [-0.25, -0.2) is 20.0 Å². The average molecular weight is 434 g/mol. The number of hydrogen-bond donors (Lipinski definition) is 2. The summed E-state index contributed by atoms with van der Waals surface area (Å²) in [6.07, 6.45) is 0.945. The summed E-state index contributed by atoms with van der Waals surface area (Å²) < 4.78 is 5.24. The molecule has 0 saturated carbocycles. The van der Waals surface area contributed by atoms with Crippen LogP contribution in [0.4, 0.5) is 15.4 Å². The Morgan fingerprint density at radius 1 is 1.23 bits per heavy atom. The maximum atomic E-state index is 13.1. The minimum Gasteiger partial charge on any atom is -0.444 e. The second-order valence-electron chi connectivity index (χ2n) is 9.52. The summed E-state index contributed by atoms with van der Waals surface area (Å²) in [4.78, 5) is 34.7. The molecule has 0 atom stereocenters. The highest BCUT2D eigenvalue weighted by molar-refractivity contribution is 5.77. The largest absolute Gasteiger partial charge is 0.444 e. The fourth-order valence-corrected chi connectivity index (χ4v) is 2.62. The second-order valence-corrected chi connectivity index (χ2v) is 9.52. The van der Waals surface area contributed by atoms with Gasteiger partial charge >= 0.3 is 12.1 Å². The van der Waals surface area contributed by atoms with Crippen molar-refractivity contribution in [2.24, 2.45) is 5.92 Å². The van der Waals surface area contributed by atoms with Crippen molar-refractivity contribution in [1.29, 1.82) is 5.26 Å². The molecule has 0 bridgehead atoms. The van der Waals surface area contributed by atoms with Gasteiger partial charge in [0.2, 0.25) is 5.82 Å². The second kappa shape index (κ2) is 10.8. The molecule has 0 aliphatic heterocycles. The van der Waals surface area contributed by atoms with Crippen molar-refractivity contribution in [2.75, 3.05) is 24.6 Å². The predicted octanol–water partition coefficient (Wildman–Crippen LogP) is 3.06.